The first-order valence-electron chi connectivity index (χ1n) is 6.33. The van der Waals surface area contributed by atoms with Crippen LogP contribution in [0, 0.1) is 0 Å². The van der Waals surface area contributed by atoms with Crippen LogP contribution in [0.1, 0.15) is 12.8 Å². The van der Waals surface area contributed by atoms with Gasteiger partial charge in [0, 0.05) is 29.1 Å². The molecule has 0 amide bonds. The third-order valence-electron chi connectivity index (χ3n) is 3.35. The van der Waals surface area contributed by atoms with Crippen LogP contribution in [-0.2, 0) is 0 Å². The summed E-state index contributed by atoms with van der Waals surface area (Å²) in [6, 6.07) is 7.93. The lowest BCUT2D eigenvalue weighted by Gasteiger charge is -2.13. The van der Waals surface area contributed by atoms with Crippen LogP contribution in [0.15, 0.2) is 30.5 Å². The van der Waals surface area contributed by atoms with E-state index in [1.54, 1.807) is 0 Å². The second kappa shape index (κ2) is 5.06. The van der Waals surface area contributed by atoms with Crippen molar-refractivity contribution < 1.29 is 0 Å². The Kier molecular flexibility index (Phi) is 3.28. The molecule has 1 aliphatic rings. The van der Waals surface area contributed by atoms with Crippen molar-refractivity contribution >= 4 is 34.0 Å². The van der Waals surface area contributed by atoms with Crippen molar-refractivity contribution in [3.05, 3.63) is 30.5 Å². The van der Waals surface area contributed by atoms with Crippen LogP contribution in [0.2, 0.25) is 0 Å². The fraction of sp³-hybridized carbons (Fsp3) is 0.357. The average Bonchev–Trinajstić information content (AvgIpc) is 2.92. The Labute approximate surface area is 111 Å². The van der Waals surface area contributed by atoms with Gasteiger partial charge in [-0.05, 0) is 42.9 Å². The van der Waals surface area contributed by atoms with Gasteiger partial charge in [0.05, 0.1) is 11.2 Å². The SMILES string of the molecule is Nc1ccc(NCC2CCCS2)c2ncccc12. The van der Waals surface area contributed by atoms with Crippen LogP contribution in [0.5, 0.6) is 0 Å². The van der Waals surface area contributed by atoms with Gasteiger partial charge < -0.3 is 11.1 Å². The number of nitrogens with zero attached hydrogens (tertiary/aromatic N) is 1. The first kappa shape index (κ1) is 11.7. The van der Waals surface area contributed by atoms with Crippen LogP contribution in [0.4, 0.5) is 11.4 Å². The van der Waals surface area contributed by atoms with Crippen molar-refractivity contribution in [2.24, 2.45) is 0 Å². The Morgan fingerprint density at radius 2 is 2.33 bits per heavy atom. The van der Waals surface area contributed by atoms with Crippen molar-refractivity contribution in [2.75, 3.05) is 23.3 Å². The molecule has 1 unspecified atom stereocenters. The van der Waals surface area contributed by atoms with E-state index in [0.717, 1.165) is 34.1 Å². The Bertz CT molecular complexity index is 550. The number of anilines is 2. The lowest BCUT2D eigenvalue weighted by molar-refractivity contribution is 0.806. The number of hydrogen-bond acceptors (Lipinski definition) is 4. The van der Waals surface area contributed by atoms with E-state index >= 15 is 0 Å². The third-order valence-corrected chi connectivity index (χ3v) is 4.75. The summed E-state index contributed by atoms with van der Waals surface area (Å²) in [7, 11) is 0. The summed E-state index contributed by atoms with van der Waals surface area (Å²) in [6.07, 6.45) is 4.48. The summed E-state index contributed by atoms with van der Waals surface area (Å²) in [6.45, 7) is 1.01. The van der Waals surface area contributed by atoms with Crippen LogP contribution in [0.25, 0.3) is 10.9 Å². The van der Waals surface area contributed by atoms with Crippen molar-refractivity contribution in [2.45, 2.75) is 18.1 Å². The van der Waals surface area contributed by atoms with Gasteiger partial charge in [0.2, 0.25) is 0 Å². The van der Waals surface area contributed by atoms with Gasteiger partial charge in [-0.25, -0.2) is 0 Å². The Morgan fingerprint density at radius 1 is 1.39 bits per heavy atom. The van der Waals surface area contributed by atoms with E-state index in [0.29, 0.717) is 0 Å². The van der Waals surface area contributed by atoms with Crippen molar-refractivity contribution in [1.29, 1.82) is 0 Å². The summed E-state index contributed by atoms with van der Waals surface area (Å²) < 4.78 is 0. The molecule has 0 radical (unpaired) electrons. The fourth-order valence-corrected chi connectivity index (χ4v) is 3.57. The van der Waals surface area contributed by atoms with Gasteiger partial charge >= 0.3 is 0 Å². The highest BCUT2D eigenvalue weighted by atomic mass is 32.2. The van der Waals surface area contributed by atoms with Crippen molar-refractivity contribution in [3.63, 3.8) is 0 Å². The van der Waals surface area contributed by atoms with Gasteiger partial charge in [-0.2, -0.15) is 11.8 Å². The summed E-state index contributed by atoms with van der Waals surface area (Å²) in [5.74, 6) is 1.30. The van der Waals surface area contributed by atoms with Crippen LogP contribution in [-0.4, -0.2) is 22.5 Å². The highest BCUT2D eigenvalue weighted by molar-refractivity contribution is 8.00. The molecule has 2 heterocycles. The number of fused-ring (bicyclic) bond motifs is 1. The minimum atomic E-state index is 0.737. The molecule has 0 saturated carbocycles. The zero-order chi connectivity index (χ0) is 12.4. The predicted molar refractivity (Wildman–Crippen MR) is 80.1 cm³/mol. The summed E-state index contributed by atoms with van der Waals surface area (Å²) in [4.78, 5) is 4.44. The summed E-state index contributed by atoms with van der Waals surface area (Å²) in [5.41, 5.74) is 8.82. The van der Waals surface area contributed by atoms with E-state index in [-0.39, 0.29) is 0 Å². The topological polar surface area (TPSA) is 50.9 Å². The maximum Gasteiger partial charge on any atom is 0.0953 e. The number of hydrogen-bond donors (Lipinski definition) is 2. The van der Waals surface area contributed by atoms with E-state index in [1.807, 2.05) is 30.5 Å². The Morgan fingerprint density at radius 3 is 3.17 bits per heavy atom. The Hall–Kier alpha value is -1.42. The fourth-order valence-electron chi connectivity index (χ4n) is 2.37. The van der Waals surface area contributed by atoms with Gasteiger partial charge in [-0.3, -0.25) is 4.98 Å². The number of nitrogen functional groups attached to an aromatic ring is 1. The largest absolute Gasteiger partial charge is 0.398 e. The second-order valence-electron chi connectivity index (χ2n) is 4.62. The molecule has 1 aromatic carbocycles. The normalized spacial score (nSPS) is 19.2. The first-order chi connectivity index (χ1) is 8.84. The molecule has 3 rings (SSSR count). The maximum absolute atomic E-state index is 5.97. The molecule has 1 saturated heterocycles. The molecule has 1 atom stereocenters. The number of aromatic nitrogens is 1. The van der Waals surface area contributed by atoms with E-state index in [9.17, 15) is 0 Å². The molecular weight excluding hydrogens is 242 g/mol. The van der Waals surface area contributed by atoms with E-state index in [1.165, 1.54) is 18.6 Å². The molecule has 18 heavy (non-hydrogen) atoms. The minimum Gasteiger partial charge on any atom is -0.398 e. The molecule has 0 bridgehead atoms. The molecule has 2 aromatic rings. The number of nitrogens with two attached hydrogens (primary N) is 1. The van der Waals surface area contributed by atoms with Gasteiger partial charge in [0.25, 0.3) is 0 Å². The van der Waals surface area contributed by atoms with Crippen LogP contribution >= 0.6 is 11.8 Å². The molecule has 0 aliphatic carbocycles. The van der Waals surface area contributed by atoms with Crippen LogP contribution < -0.4 is 11.1 Å². The quantitative estimate of drug-likeness (QED) is 0.832. The highest BCUT2D eigenvalue weighted by Gasteiger charge is 2.15. The van der Waals surface area contributed by atoms with Crippen LogP contribution in [0.3, 0.4) is 0 Å². The zero-order valence-electron chi connectivity index (χ0n) is 10.2. The number of pyridine rings is 1. The number of rotatable bonds is 3. The van der Waals surface area contributed by atoms with Gasteiger partial charge in [0.1, 0.15) is 0 Å². The third kappa shape index (κ3) is 2.25. The lowest BCUT2D eigenvalue weighted by atomic mass is 10.1. The highest BCUT2D eigenvalue weighted by Crippen LogP contribution is 2.29. The number of benzene rings is 1. The number of thioether (sulfide) groups is 1. The summed E-state index contributed by atoms with van der Waals surface area (Å²) >= 11 is 2.06. The minimum absolute atomic E-state index is 0.737. The predicted octanol–water partition coefficient (Wildman–Crippen LogP) is 3.12. The van der Waals surface area contributed by atoms with E-state index in [2.05, 4.69) is 22.1 Å². The zero-order valence-corrected chi connectivity index (χ0v) is 11.0. The molecule has 3 nitrogen and oxygen atoms in total. The molecule has 1 aliphatic heterocycles. The molecule has 1 fully saturated rings. The van der Waals surface area contributed by atoms with Gasteiger partial charge in [0.15, 0.2) is 0 Å². The molecular formula is C14H17N3S. The monoisotopic (exact) mass is 259 g/mol. The second-order valence-corrected chi connectivity index (χ2v) is 6.03. The van der Waals surface area contributed by atoms with Crippen molar-refractivity contribution in [3.8, 4) is 0 Å². The van der Waals surface area contributed by atoms with E-state index < -0.39 is 0 Å². The molecule has 0 spiro atoms. The lowest BCUT2D eigenvalue weighted by Crippen LogP contribution is -2.14. The molecule has 4 heteroatoms. The van der Waals surface area contributed by atoms with Gasteiger partial charge in [-0.1, -0.05) is 0 Å². The standard InChI is InChI=1S/C14H17N3S/c15-12-5-6-13(14-11(12)4-1-7-16-14)17-9-10-3-2-8-18-10/h1,4-7,10,17H,2-3,8-9,15H2. The molecule has 1 aromatic heterocycles. The van der Waals surface area contributed by atoms with E-state index in [4.69, 9.17) is 5.73 Å². The van der Waals surface area contributed by atoms with Crippen molar-refractivity contribution in [1.82, 2.24) is 4.98 Å². The summed E-state index contributed by atoms with van der Waals surface area (Å²) in [5, 5.41) is 5.28. The Balaban J connectivity index is 1.85. The molecule has 94 valence electrons. The average molecular weight is 259 g/mol. The first-order valence-corrected chi connectivity index (χ1v) is 7.38. The number of nitrogens with one attached hydrogen (secondary N) is 1. The molecule has 3 N–H and O–H groups in total. The van der Waals surface area contributed by atoms with Gasteiger partial charge in [-0.15, -0.1) is 0 Å². The maximum atomic E-state index is 5.97. The smallest absolute Gasteiger partial charge is 0.0953 e.